The standard InChI is InChI=1S/C15H24FNO/c1-3-9-17-12-14(8-10-18-2)11-13-4-6-15(16)7-5-13/h4-7,14,17H,3,8-12H2,1-2H3. The molecular weight excluding hydrogens is 229 g/mol. The van der Waals surface area contributed by atoms with Gasteiger partial charge in [-0.25, -0.2) is 4.39 Å². The summed E-state index contributed by atoms with van der Waals surface area (Å²) in [6, 6.07) is 6.80. The molecule has 102 valence electrons. The highest BCUT2D eigenvalue weighted by molar-refractivity contribution is 5.16. The van der Waals surface area contributed by atoms with Gasteiger partial charge in [0.2, 0.25) is 0 Å². The van der Waals surface area contributed by atoms with Crippen LogP contribution in [0.15, 0.2) is 24.3 Å². The normalized spacial score (nSPS) is 12.6. The maximum Gasteiger partial charge on any atom is 0.123 e. The van der Waals surface area contributed by atoms with E-state index in [0.717, 1.165) is 39.0 Å². The molecule has 1 N–H and O–H groups in total. The first-order valence-electron chi connectivity index (χ1n) is 6.70. The molecule has 3 heteroatoms. The number of nitrogens with one attached hydrogen (secondary N) is 1. The third-order valence-corrected chi connectivity index (χ3v) is 3.03. The molecule has 0 aromatic heterocycles. The maximum atomic E-state index is 12.8. The van der Waals surface area contributed by atoms with Gasteiger partial charge in [0, 0.05) is 13.7 Å². The number of hydrogen-bond donors (Lipinski definition) is 1. The van der Waals surface area contributed by atoms with Crippen molar-refractivity contribution < 1.29 is 9.13 Å². The monoisotopic (exact) mass is 253 g/mol. The Morgan fingerprint density at radius 1 is 1.28 bits per heavy atom. The number of ether oxygens (including phenoxy) is 1. The molecule has 0 saturated heterocycles. The van der Waals surface area contributed by atoms with Crippen molar-refractivity contribution in [2.24, 2.45) is 5.92 Å². The van der Waals surface area contributed by atoms with E-state index in [-0.39, 0.29) is 5.82 Å². The van der Waals surface area contributed by atoms with E-state index >= 15 is 0 Å². The summed E-state index contributed by atoms with van der Waals surface area (Å²) in [5, 5.41) is 3.45. The van der Waals surface area contributed by atoms with Crippen LogP contribution in [0.2, 0.25) is 0 Å². The quantitative estimate of drug-likeness (QED) is 0.683. The Kier molecular flexibility index (Phi) is 7.62. The van der Waals surface area contributed by atoms with E-state index in [0.29, 0.717) is 5.92 Å². The molecule has 0 fully saturated rings. The molecule has 1 aromatic carbocycles. The highest BCUT2D eigenvalue weighted by Crippen LogP contribution is 2.13. The van der Waals surface area contributed by atoms with Crippen molar-refractivity contribution in [3.8, 4) is 0 Å². The minimum absolute atomic E-state index is 0.170. The lowest BCUT2D eigenvalue weighted by molar-refractivity contribution is 0.176. The summed E-state index contributed by atoms with van der Waals surface area (Å²) in [7, 11) is 1.73. The highest BCUT2D eigenvalue weighted by atomic mass is 19.1. The van der Waals surface area contributed by atoms with Crippen LogP contribution in [0.1, 0.15) is 25.3 Å². The lowest BCUT2D eigenvalue weighted by Gasteiger charge is -2.17. The first kappa shape index (κ1) is 15.1. The summed E-state index contributed by atoms with van der Waals surface area (Å²) in [5.74, 6) is 0.373. The molecular formula is C15H24FNO. The molecule has 2 nitrogen and oxygen atoms in total. The molecule has 18 heavy (non-hydrogen) atoms. The van der Waals surface area contributed by atoms with E-state index in [1.54, 1.807) is 7.11 Å². The van der Waals surface area contributed by atoms with Crippen molar-refractivity contribution in [2.75, 3.05) is 26.8 Å². The number of rotatable bonds is 9. The summed E-state index contributed by atoms with van der Waals surface area (Å²) in [6.07, 6.45) is 3.15. The molecule has 1 atom stereocenters. The van der Waals surface area contributed by atoms with Gasteiger partial charge < -0.3 is 10.1 Å². The molecule has 0 heterocycles. The van der Waals surface area contributed by atoms with Crippen LogP contribution in [0.25, 0.3) is 0 Å². The third kappa shape index (κ3) is 6.12. The van der Waals surface area contributed by atoms with Crippen molar-refractivity contribution in [2.45, 2.75) is 26.2 Å². The highest BCUT2D eigenvalue weighted by Gasteiger charge is 2.09. The van der Waals surface area contributed by atoms with E-state index in [2.05, 4.69) is 12.2 Å². The second kappa shape index (κ2) is 9.06. The minimum Gasteiger partial charge on any atom is -0.385 e. The van der Waals surface area contributed by atoms with Crippen LogP contribution in [0.4, 0.5) is 4.39 Å². The number of hydrogen-bond acceptors (Lipinski definition) is 2. The topological polar surface area (TPSA) is 21.3 Å². The van der Waals surface area contributed by atoms with Crippen LogP contribution >= 0.6 is 0 Å². The smallest absolute Gasteiger partial charge is 0.123 e. The molecule has 0 spiro atoms. The summed E-state index contributed by atoms with van der Waals surface area (Å²) >= 11 is 0. The van der Waals surface area contributed by atoms with Gasteiger partial charge in [0.05, 0.1) is 0 Å². The van der Waals surface area contributed by atoms with Crippen LogP contribution in [0, 0.1) is 11.7 Å². The zero-order chi connectivity index (χ0) is 13.2. The van der Waals surface area contributed by atoms with Gasteiger partial charge in [0.25, 0.3) is 0 Å². The van der Waals surface area contributed by atoms with Crippen molar-refractivity contribution in [3.05, 3.63) is 35.6 Å². The fourth-order valence-electron chi connectivity index (χ4n) is 2.00. The average Bonchev–Trinajstić information content (AvgIpc) is 2.38. The summed E-state index contributed by atoms with van der Waals surface area (Å²) in [4.78, 5) is 0. The minimum atomic E-state index is -0.170. The first-order chi connectivity index (χ1) is 8.76. The molecule has 0 aliphatic heterocycles. The molecule has 1 aromatic rings. The lowest BCUT2D eigenvalue weighted by Crippen LogP contribution is -2.26. The van der Waals surface area contributed by atoms with Crippen molar-refractivity contribution in [3.63, 3.8) is 0 Å². The largest absolute Gasteiger partial charge is 0.385 e. The molecule has 0 radical (unpaired) electrons. The molecule has 0 aliphatic rings. The summed E-state index contributed by atoms with van der Waals surface area (Å²) in [6.45, 7) is 4.98. The molecule has 1 rings (SSSR count). The fourth-order valence-corrected chi connectivity index (χ4v) is 2.00. The third-order valence-electron chi connectivity index (χ3n) is 3.03. The average molecular weight is 253 g/mol. The van der Waals surface area contributed by atoms with Crippen LogP contribution in [-0.4, -0.2) is 26.8 Å². The van der Waals surface area contributed by atoms with Gasteiger partial charge in [0.15, 0.2) is 0 Å². The predicted octanol–water partition coefficient (Wildman–Crippen LogP) is 3.02. The predicted molar refractivity (Wildman–Crippen MR) is 73.2 cm³/mol. The Hall–Kier alpha value is -0.930. The van der Waals surface area contributed by atoms with E-state index in [1.807, 2.05) is 12.1 Å². The Balaban J connectivity index is 2.45. The Bertz CT molecular complexity index is 313. The Morgan fingerprint density at radius 3 is 2.61 bits per heavy atom. The van der Waals surface area contributed by atoms with Crippen LogP contribution in [-0.2, 0) is 11.2 Å². The van der Waals surface area contributed by atoms with E-state index in [1.165, 1.54) is 17.7 Å². The van der Waals surface area contributed by atoms with Gasteiger partial charge in [-0.15, -0.1) is 0 Å². The Morgan fingerprint density at radius 2 is 2.00 bits per heavy atom. The van der Waals surface area contributed by atoms with Crippen molar-refractivity contribution in [1.82, 2.24) is 5.32 Å². The molecule has 0 bridgehead atoms. The maximum absolute atomic E-state index is 12.8. The van der Waals surface area contributed by atoms with E-state index in [4.69, 9.17) is 4.74 Å². The Labute approximate surface area is 110 Å². The van der Waals surface area contributed by atoms with Crippen molar-refractivity contribution >= 4 is 0 Å². The summed E-state index contributed by atoms with van der Waals surface area (Å²) < 4.78 is 18.0. The number of methoxy groups -OCH3 is 1. The van der Waals surface area contributed by atoms with Gasteiger partial charge in [-0.2, -0.15) is 0 Å². The van der Waals surface area contributed by atoms with Gasteiger partial charge >= 0.3 is 0 Å². The summed E-state index contributed by atoms with van der Waals surface area (Å²) in [5.41, 5.74) is 1.19. The number of halogens is 1. The zero-order valence-electron chi connectivity index (χ0n) is 11.4. The first-order valence-corrected chi connectivity index (χ1v) is 6.70. The van der Waals surface area contributed by atoms with Gasteiger partial charge in [-0.05, 0) is 56.0 Å². The molecule has 0 amide bonds. The SMILES string of the molecule is CCCNCC(CCOC)Cc1ccc(F)cc1. The number of benzene rings is 1. The van der Waals surface area contributed by atoms with Crippen LogP contribution in [0.3, 0.4) is 0 Å². The van der Waals surface area contributed by atoms with Gasteiger partial charge in [-0.3, -0.25) is 0 Å². The second-order valence-corrected chi connectivity index (χ2v) is 4.68. The van der Waals surface area contributed by atoms with Crippen molar-refractivity contribution in [1.29, 1.82) is 0 Å². The fraction of sp³-hybridized carbons (Fsp3) is 0.600. The molecule has 0 saturated carbocycles. The van der Waals surface area contributed by atoms with E-state index < -0.39 is 0 Å². The lowest BCUT2D eigenvalue weighted by atomic mass is 9.96. The van der Waals surface area contributed by atoms with Gasteiger partial charge in [0.1, 0.15) is 5.82 Å². The van der Waals surface area contributed by atoms with Gasteiger partial charge in [-0.1, -0.05) is 19.1 Å². The zero-order valence-corrected chi connectivity index (χ0v) is 11.4. The molecule has 0 aliphatic carbocycles. The van der Waals surface area contributed by atoms with E-state index in [9.17, 15) is 4.39 Å². The van der Waals surface area contributed by atoms with Crippen LogP contribution in [0.5, 0.6) is 0 Å². The van der Waals surface area contributed by atoms with Crippen LogP contribution < -0.4 is 5.32 Å². The molecule has 1 unspecified atom stereocenters. The second-order valence-electron chi connectivity index (χ2n) is 4.68.